The number of fused-ring (bicyclic) bond motifs is 3. The predicted molar refractivity (Wildman–Crippen MR) is 206 cm³/mol. The van der Waals surface area contributed by atoms with E-state index >= 15 is 0 Å². The van der Waals surface area contributed by atoms with Gasteiger partial charge < -0.3 is 0 Å². The maximum atomic E-state index is 2.64. The molecule has 2 aromatic rings. The van der Waals surface area contributed by atoms with Crippen LogP contribution < -0.4 is 0 Å². The maximum absolute atomic E-state index is 2.64. The van der Waals surface area contributed by atoms with Crippen molar-refractivity contribution in [2.45, 2.75) is 147 Å². The molecule has 0 aliphatic heterocycles. The zero-order chi connectivity index (χ0) is 34.3. The van der Waals surface area contributed by atoms with E-state index in [-0.39, 0.29) is 0 Å². The van der Waals surface area contributed by atoms with Gasteiger partial charge >= 0.3 is 0 Å². The van der Waals surface area contributed by atoms with Crippen LogP contribution in [-0.2, 0) is 0 Å². The molecular weight excluding hydrogens is 565 g/mol. The summed E-state index contributed by atoms with van der Waals surface area (Å²) in [5.41, 5.74) is 5.63. The van der Waals surface area contributed by atoms with Crippen LogP contribution in [0.1, 0.15) is 152 Å². The minimum Gasteiger partial charge on any atom is -0.0656 e. The lowest BCUT2D eigenvalue weighted by atomic mass is 9.59. The third-order valence-electron chi connectivity index (χ3n) is 14.3. The SMILES string of the molecule is CC1CC(C(C)(C)C)CC1[C@@H](c1ccc(-c2ccccc2)cc1)C1C2CC(C(C)(C)C)CCC2C2CCC(C(C)(C)C)CC21.CCC. The molecule has 0 nitrogen and oxygen atoms in total. The van der Waals surface area contributed by atoms with E-state index < -0.39 is 0 Å². The molecule has 262 valence electrons. The van der Waals surface area contributed by atoms with Gasteiger partial charge in [0, 0.05) is 0 Å². The van der Waals surface area contributed by atoms with Crippen LogP contribution in [0.3, 0.4) is 0 Å². The van der Waals surface area contributed by atoms with Gasteiger partial charge in [-0.3, -0.25) is 0 Å². The summed E-state index contributed by atoms with van der Waals surface area (Å²) in [7, 11) is 0. The highest BCUT2D eigenvalue weighted by Gasteiger charge is 2.59. The summed E-state index contributed by atoms with van der Waals surface area (Å²) in [6, 6.07) is 21.2. The summed E-state index contributed by atoms with van der Waals surface area (Å²) in [6.45, 7) is 29.7. The highest BCUT2D eigenvalue weighted by Crippen LogP contribution is 2.67. The first kappa shape index (κ1) is 36.7. The molecule has 0 aromatic heterocycles. The van der Waals surface area contributed by atoms with Crippen molar-refractivity contribution in [1.82, 2.24) is 0 Å². The Morgan fingerprint density at radius 2 is 0.979 bits per heavy atom. The Morgan fingerprint density at radius 1 is 0.532 bits per heavy atom. The molecule has 0 amide bonds. The molecule has 0 saturated heterocycles. The van der Waals surface area contributed by atoms with Crippen LogP contribution in [0.15, 0.2) is 54.6 Å². The van der Waals surface area contributed by atoms with E-state index in [1.807, 2.05) is 0 Å². The van der Waals surface area contributed by atoms with E-state index in [2.05, 4.69) is 138 Å². The van der Waals surface area contributed by atoms with Gasteiger partial charge in [0.1, 0.15) is 0 Å². The molecule has 0 heteroatoms. The molecule has 0 radical (unpaired) electrons. The monoisotopic (exact) mass is 639 g/mol. The van der Waals surface area contributed by atoms with Crippen LogP contribution in [0.5, 0.6) is 0 Å². The van der Waals surface area contributed by atoms with Crippen molar-refractivity contribution in [1.29, 1.82) is 0 Å². The summed E-state index contributed by atoms with van der Waals surface area (Å²) in [5, 5.41) is 0. The molecule has 9 unspecified atom stereocenters. The van der Waals surface area contributed by atoms with Gasteiger partial charge in [0.25, 0.3) is 0 Å². The Kier molecular flexibility index (Phi) is 11.2. The molecule has 47 heavy (non-hydrogen) atoms. The number of hydrogen-bond donors (Lipinski definition) is 0. The van der Waals surface area contributed by atoms with Crippen LogP contribution in [0, 0.1) is 75.4 Å². The maximum Gasteiger partial charge on any atom is -0.00971 e. The van der Waals surface area contributed by atoms with Crippen LogP contribution in [0.25, 0.3) is 11.1 Å². The fourth-order valence-electron chi connectivity index (χ4n) is 11.6. The number of benzene rings is 2. The molecule has 0 N–H and O–H groups in total. The molecule has 0 spiro atoms. The quantitative estimate of drug-likeness (QED) is 0.312. The Labute approximate surface area is 292 Å². The molecule has 4 aliphatic rings. The third kappa shape index (κ3) is 7.93. The Bertz CT molecular complexity index is 1210. The molecule has 6 rings (SSSR count). The van der Waals surface area contributed by atoms with E-state index in [1.54, 1.807) is 5.56 Å². The van der Waals surface area contributed by atoms with E-state index in [1.165, 1.54) is 68.9 Å². The van der Waals surface area contributed by atoms with Gasteiger partial charge in [0.15, 0.2) is 0 Å². The van der Waals surface area contributed by atoms with E-state index in [0.717, 1.165) is 59.2 Å². The van der Waals surface area contributed by atoms with E-state index in [9.17, 15) is 0 Å². The summed E-state index contributed by atoms with van der Waals surface area (Å²) in [6.07, 6.45) is 13.0. The van der Waals surface area contributed by atoms with Crippen LogP contribution >= 0.6 is 0 Å². The lowest BCUT2D eigenvalue weighted by molar-refractivity contribution is 0.0657. The molecule has 0 heterocycles. The lowest BCUT2D eigenvalue weighted by Crippen LogP contribution is -2.37. The standard InChI is InChI=1S/C44H66.C3H8/c1-28-24-34(44(8,9)10)27-37(28)40(31-18-16-30(17-19-31)29-14-12-11-13-15-29)41-38-25-32(42(2,3)4)20-22-35(38)36-23-21-33(26-39(36)41)43(5,6)7;1-3-2/h11-19,28,32-41H,20-27H2,1-10H3;3H2,1-2H3/t28?,32?,33?,34?,35?,36?,37?,38?,39?,40-,41?;/m1./s1. The van der Waals surface area contributed by atoms with Gasteiger partial charge in [0.2, 0.25) is 0 Å². The van der Waals surface area contributed by atoms with Crippen LogP contribution in [0.2, 0.25) is 0 Å². The first-order valence-corrected chi connectivity index (χ1v) is 20.2. The van der Waals surface area contributed by atoms with E-state index in [0.29, 0.717) is 22.2 Å². The largest absolute Gasteiger partial charge is 0.0656 e. The predicted octanol–water partition coefficient (Wildman–Crippen LogP) is 14.3. The minimum atomic E-state index is 0.399. The molecule has 4 aliphatic carbocycles. The second kappa shape index (κ2) is 14.4. The van der Waals surface area contributed by atoms with Gasteiger partial charge in [-0.05, 0) is 149 Å². The number of hydrogen-bond acceptors (Lipinski definition) is 0. The fraction of sp³-hybridized carbons (Fsp3) is 0.745. The summed E-state index contributed by atoms with van der Waals surface area (Å²) in [5.74, 6) is 9.46. The molecule has 4 saturated carbocycles. The molecule has 2 aromatic carbocycles. The zero-order valence-electron chi connectivity index (χ0n) is 32.9. The van der Waals surface area contributed by atoms with Crippen molar-refractivity contribution < 1.29 is 0 Å². The third-order valence-corrected chi connectivity index (χ3v) is 14.3. The van der Waals surface area contributed by atoms with Crippen molar-refractivity contribution in [2.75, 3.05) is 0 Å². The van der Waals surface area contributed by atoms with E-state index in [4.69, 9.17) is 0 Å². The summed E-state index contributed by atoms with van der Waals surface area (Å²) in [4.78, 5) is 0. The minimum absolute atomic E-state index is 0.399. The van der Waals surface area contributed by atoms with Crippen molar-refractivity contribution >= 4 is 0 Å². The highest BCUT2D eigenvalue weighted by molar-refractivity contribution is 5.63. The van der Waals surface area contributed by atoms with Crippen molar-refractivity contribution in [2.24, 2.45) is 75.4 Å². The first-order valence-electron chi connectivity index (χ1n) is 20.2. The number of rotatable bonds is 4. The molecular formula is C47H74. The first-order chi connectivity index (χ1) is 22.0. The molecule has 0 bridgehead atoms. The van der Waals surface area contributed by atoms with Crippen molar-refractivity contribution in [3.8, 4) is 11.1 Å². The normalized spacial score (nSPS) is 35.0. The second-order valence-corrected chi connectivity index (χ2v) is 20.4. The lowest BCUT2D eigenvalue weighted by Gasteiger charge is -2.46. The average Bonchev–Trinajstić information content (AvgIpc) is 3.55. The zero-order valence-corrected chi connectivity index (χ0v) is 32.9. The molecule has 10 atom stereocenters. The summed E-state index contributed by atoms with van der Waals surface area (Å²) < 4.78 is 0. The summed E-state index contributed by atoms with van der Waals surface area (Å²) >= 11 is 0. The van der Waals surface area contributed by atoms with Gasteiger partial charge in [-0.15, -0.1) is 0 Å². The van der Waals surface area contributed by atoms with Gasteiger partial charge in [-0.1, -0.05) is 144 Å². The van der Waals surface area contributed by atoms with Crippen LogP contribution in [-0.4, -0.2) is 0 Å². The highest BCUT2D eigenvalue weighted by atomic mass is 14.6. The Hall–Kier alpha value is -1.56. The fourth-order valence-corrected chi connectivity index (χ4v) is 11.6. The van der Waals surface area contributed by atoms with Crippen molar-refractivity contribution in [3.05, 3.63) is 60.2 Å². The topological polar surface area (TPSA) is 0 Å². The van der Waals surface area contributed by atoms with Gasteiger partial charge in [0.05, 0.1) is 0 Å². The average molecular weight is 639 g/mol. The van der Waals surface area contributed by atoms with Gasteiger partial charge in [-0.2, -0.15) is 0 Å². The Morgan fingerprint density at radius 3 is 1.40 bits per heavy atom. The molecule has 4 fully saturated rings. The van der Waals surface area contributed by atoms with Crippen molar-refractivity contribution in [3.63, 3.8) is 0 Å². The Balaban J connectivity index is 0.00000139. The second-order valence-electron chi connectivity index (χ2n) is 20.4. The van der Waals surface area contributed by atoms with Gasteiger partial charge in [-0.25, -0.2) is 0 Å². The van der Waals surface area contributed by atoms with Crippen LogP contribution in [0.4, 0.5) is 0 Å². The smallest absolute Gasteiger partial charge is 0.00971 e.